The molecule has 1 aromatic carbocycles. The summed E-state index contributed by atoms with van der Waals surface area (Å²) < 4.78 is 5.01. The average molecular weight is 272 g/mol. The third-order valence-electron chi connectivity index (χ3n) is 1.99. The molecule has 0 spiro atoms. The molecule has 0 radical (unpaired) electrons. The second-order valence-electron chi connectivity index (χ2n) is 4.79. The minimum absolute atomic E-state index is 0.336. The molecule has 4 nitrogen and oxygen atoms in total. The van der Waals surface area contributed by atoms with Crippen LogP contribution >= 0.6 is 11.6 Å². The molecule has 100 valence electrons. The van der Waals surface area contributed by atoms with Crippen LogP contribution in [-0.2, 0) is 16.0 Å². The zero-order chi connectivity index (χ0) is 13.6. The standard InChI is InChI=1S/C13H18ClNO3/c1-13(2,3)18-12(16)15-17-9-8-10-6-4-5-7-11(10)14/h4-7H,8-9H2,1-3H3,(H,15,16). The number of nitrogens with one attached hydrogen (secondary N) is 1. The lowest BCUT2D eigenvalue weighted by molar-refractivity contribution is -0.00685. The summed E-state index contributed by atoms with van der Waals surface area (Å²) in [4.78, 5) is 16.3. The molecule has 0 unspecified atom stereocenters. The van der Waals surface area contributed by atoms with E-state index >= 15 is 0 Å². The zero-order valence-electron chi connectivity index (χ0n) is 10.8. The Bertz CT molecular complexity index is 401. The summed E-state index contributed by atoms with van der Waals surface area (Å²) in [6, 6.07) is 7.51. The topological polar surface area (TPSA) is 47.6 Å². The predicted molar refractivity (Wildman–Crippen MR) is 70.5 cm³/mol. The summed E-state index contributed by atoms with van der Waals surface area (Å²) in [5.41, 5.74) is 2.67. The Morgan fingerprint density at radius 3 is 2.61 bits per heavy atom. The SMILES string of the molecule is CC(C)(C)OC(=O)NOCCc1ccccc1Cl. The first kappa shape index (κ1) is 14.8. The fourth-order valence-corrected chi connectivity index (χ4v) is 1.50. The van der Waals surface area contributed by atoms with Crippen molar-refractivity contribution in [1.82, 2.24) is 5.48 Å². The molecule has 0 bridgehead atoms. The highest BCUT2D eigenvalue weighted by Gasteiger charge is 2.15. The average Bonchev–Trinajstić information content (AvgIpc) is 2.24. The van der Waals surface area contributed by atoms with Crippen molar-refractivity contribution in [2.75, 3.05) is 6.61 Å². The van der Waals surface area contributed by atoms with Crippen molar-refractivity contribution < 1.29 is 14.4 Å². The van der Waals surface area contributed by atoms with E-state index in [1.807, 2.05) is 24.3 Å². The second-order valence-corrected chi connectivity index (χ2v) is 5.20. The van der Waals surface area contributed by atoms with Crippen LogP contribution in [0.15, 0.2) is 24.3 Å². The van der Waals surface area contributed by atoms with Gasteiger partial charge in [0, 0.05) is 5.02 Å². The first-order valence-electron chi connectivity index (χ1n) is 5.73. The Labute approximate surface area is 112 Å². The third-order valence-corrected chi connectivity index (χ3v) is 2.35. The van der Waals surface area contributed by atoms with Crippen molar-refractivity contribution in [3.63, 3.8) is 0 Å². The Morgan fingerprint density at radius 1 is 1.33 bits per heavy atom. The lowest BCUT2D eigenvalue weighted by Crippen LogP contribution is -2.33. The molecule has 0 heterocycles. The Hall–Kier alpha value is -1.26. The van der Waals surface area contributed by atoms with E-state index in [-0.39, 0.29) is 0 Å². The second kappa shape index (κ2) is 6.61. The summed E-state index contributed by atoms with van der Waals surface area (Å²) in [7, 11) is 0. The van der Waals surface area contributed by atoms with Crippen LogP contribution in [0.3, 0.4) is 0 Å². The molecule has 0 aromatic heterocycles. The minimum Gasteiger partial charge on any atom is -0.442 e. The number of carbonyl (C=O) groups is 1. The van der Waals surface area contributed by atoms with Crippen molar-refractivity contribution in [3.8, 4) is 0 Å². The van der Waals surface area contributed by atoms with E-state index in [2.05, 4.69) is 5.48 Å². The normalized spacial score (nSPS) is 11.1. The van der Waals surface area contributed by atoms with Crippen LogP contribution in [0.5, 0.6) is 0 Å². The van der Waals surface area contributed by atoms with Crippen LogP contribution in [0.1, 0.15) is 26.3 Å². The summed E-state index contributed by atoms with van der Waals surface area (Å²) in [6.45, 7) is 5.70. The maximum Gasteiger partial charge on any atom is 0.431 e. The van der Waals surface area contributed by atoms with Gasteiger partial charge >= 0.3 is 6.09 Å². The van der Waals surface area contributed by atoms with Gasteiger partial charge in [0.1, 0.15) is 5.60 Å². The van der Waals surface area contributed by atoms with Crippen LogP contribution < -0.4 is 5.48 Å². The molecule has 1 aromatic rings. The molecule has 0 saturated carbocycles. The van der Waals surface area contributed by atoms with Gasteiger partial charge in [-0.15, -0.1) is 0 Å². The van der Waals surface area contributed by atoms with E-state index in [9.17, 15) is 4.79 Å². The molecule has 1 amide bonds. The highest BCUT2D eigenvalue weighted by molar-refractivity contribution is 6.31. The van der Waals surface area contributed by atoms with E-state index in [1.54, 1.807) is 20.8 Å². The van der Waals surface area contributed by atoms with Gasteiger partial charge < -0.3 is 4.74 Å². The monoisotopic (exact) mass is 271 g/mol. The molecule has 0 aliphatic carbocycles. The quantitative estimate of drug-likeness (QED) is 0.675. The molecule has 0 aliphatic rings. The molecule has 1 N–H and O–H groups in total. The smallest absolute Gasteiger partial charge is 0.431 e. The predicted octanol–water partition coefficient (Wildman–Crippen LogP) is 3.34. The van der Waals surface area contributed by atoms with Gasteiger partial charge in [-0.3, -0.25) is 4.84 Å². The summed E-state index contributed by atoms with van der Waals surface area (Å²) >= 11 is 5.99. The molecule has 0 atom stereocenters. The molecule has 0 fully saturated rings. The van der Waals surface area contributed by atoms with Gasteiger partial charge in [0.25, 0.3) is 0 Å². The number of rotatable bonds is 4. The van der Waals surface area contributed by atoms with Gasteiger partial charge in [0.2, 0.25) is 0 Å². The van der Waals surface area contributed by atoms with Gasteiger partial charge in [0.05, 0.1) is 6.61 Å². The van der Waals surface area contributed by atoms with E-state index < -0.39 is 11.7 Å². The molecule has 18 heavy (non-hydrogen) atoms. The number of hydrogen-bond acceptors (Lipinski definition) is 3. The van der Waals surface area contributed by atoms with Gasteiger partial charge in [0.15, 0.2) is 0 Å². The van der Waals surface area contributed by atoms with E-state index in [0.29, 0.717) is 18.1 Å². The number of ether oxygens (including phenoxy) is 1. The van der Waals surface area contributed by atoms with Crippen molar-refractivity contribution in [2.24, 2.45) is 0 Å². The Kier molecular flexibility index (Phi) is 5.44. The largest absolute Gasteiger partial charge is 0.442 e. The third kappa shape index (κ3) is 5.89. The molecule has 0 aliphatic heterocycles. The highest BCUT2D eigenvalue weighted by atomic mass is 35.5. The lowest BCUT2D eigenvalue weighted by Gasteiger charge is -2.19. The number of hydrogen-bond donors (Lipinski definition) is 1. The fraction of sp³-hybridized carbons (Fsp3) is 0.462. The molecular weight excluding hydrogens is 254 g/mol. The molecule has 5 heteroatoms. The number of carbonyl (C=O) groups excluding carboxylic acids is 1. The van der Waals surface area contributed by atoms with E-state index in [1.165, 1.54) is 0 Å². The van der Waals surface area contributed by atoms with Crippen LogP contribution in [-0.4, -0.2) is 18.3 Å². The van der Waals surface area contributed by atoms with Gasteiger partial charge in [-0.2, -0.15) is 5.48 Å². The number of hydroxylamine groups is 1. The maximum atomic E-state index is 11.3. The summed E-state index contributed by atoms with van der Waals surface area (Å²) in [5, 5.41) is 0.693. The van der Waals surface area contributed by atoms with Crippen molar-refractivity contribution >= 4 is 17.7 Å². The van der Waals surface area contributed by atoms with Crippen LogP contribution in [0.4, 0.5) is 4.79 Å². The molecule has 0 saturated heterocycles. The highest BCUT2D eigenvalue weighted by Crippen LogP contribution is 2.15. The fourth-order valence-electron chi connectivity index (χ4n) is 1.27. The number of benzene rings is 1. The zero-order valence-corrected chi connectivity index (χ0v) is 11.6. The van der Waals surface area contributed by atoms with Crippen LogP contribution in [0, 0.1) is 0 Å². The first-order chi connectivity index (χ1) is 8.38. The number of amides is 1. The number of halogens is 1. The summed E-state index contributed by atoms with van der Waals surface area (Å²) in [5.74, 6) is 0. The molecular formula is C13H18ClNO3. The van der Waals surface area contributed by atoms with Crippen LogP contribution in [0.25, 0.3) is 0 Å². The summed E-state index contributed by atoms with van der Waals surface area (Å²) in [6.07, 6.45) is 0.0248. The molecule has 1 rings (SSSR count). The minimum atomic E-state index is -0.596. The van der Waals surface area contributed by atoms with Gasteiger partial charge in [-0.25, -0.2) is 4.79 Å². The van der Waals surface area contributed by atoms with Gasteiger partial charge in [-0.1, -0.05) is 29.8 Å². The Morgan fingerprint density at radius 2 is 2.00 bits per heavy atom. The van der Waals surface area contributed by atoms with E-state index in [0.717, 1.165) is 5.56 Å². The van der Waals surface area contributed by atoms with Crippen molar-refractivity contribution in [1.29, 1.82) is 0 Å². The van der Waals surface area contributed by atoms with Crippen LogP contribution in [0.2, 0.25) is 5.02 Å². The maximum absolute atomic E-state index is 11.3. The Balaban J connectivity index is 2.23. The first-order valence-corrected chi connectivity index (χ1v) is 6.10. The van der Waals surface area contributed by atoms with Crippen molar-refractivity contribution in [2.45, 2.75) is 32.8 Å². The van der Waals surface area contributed by atoms with Crippen molar-refractivity contribution in [3.05, 3.63) is 34.9 Å². The van der Waals surface area contributed by atoms with E-state index in [4.69, 9.17) is 21.2 Å². The lowest BCUT2D eigenvalue weighted by atomic mass is 10.2. The van der Waals surface area contributed by atoms with Gasteiger partial charge in [-0.05, 0) is 38.8 Å².